The number of benzene rings is 1. The molecule has 0 amide bonds. The van der Waals surface area contributed by atoms with Crippen LogP contribution in [0.5, 0.6) is 5.75 Å². The second-order valence-corrected chi connectivity index (χ2v) is 5.05. The zero-order chi connectivity index (χ0) is 11.9. The maximum absolute atomic E-state index is 5.26. The van der Waals surface area contributed by atoms with Crippen LogP contribution in [0.3, 0.4) is 0 Å². The molecule has 86 valence electrons. The molecule has 0 unspecified atom stereocenters. The molecule has 0 radical (unpaired) electrons. The lowest BCUT2D eigenvalue weighted by molar-refractivity contribution is 0.365. The first-order valence-corrected chi connectivity index (χ1v) is 5.47. The summed E-state index contributed by atoms with van der Waals surface area (Å²) in [6.45, 7) is 8.49. The summed E-state index contributed by atoms with van der Waals surface area (Å²) in [6.07, 6.45) is 0. The standard InChI is InChI=1S/C13H18N2O/c1-9-11-7-6-10(16-5)8-12(11)15(14-9)13(2,3)4/h6-8H,1-5H3. The van der Waals surface area contributed by atoms with Crippen molar-refractivity contribution in [2.45, 2.75) is 33.2 Å². The van der Waals surface area contributed by atoms with E-state index in [9.17, 15) is 0 Å². The average molecular weight is 218 g/mol. The Morgan fingerprint density at radius 3 is 2.50 bits per heavy atom. The van der Waals surface area contributed by atoms with E-state index in [1.165, 1.54) is 5.39 Å². The monoisotopic (exact) mass is 218 g/mol. The van der Waals surface area contributed by atoms with E-state index in [0.717, 1.165) is 17.0 Å². The minimum Gasteiger partial charge on any atom is -0.497 e. The number of rotatable bonds is 1. The van der Waals surface area contributed by atoms with E-state index in [2.05, 4.69) is 36.6 Å². The van der Waals surface area contributed by atoms with Crippen LogP contribution in [0.4, 0.5) is 0 Å². The fourth-order valence-electron chi connectivity index (χ4n) is 1.89. The van der Waals surface area contributed by atoms with E-state index in [0.29, 0.717) is 0 Å². The van der Waals surface area contributed by atoms with Crippen molar-refractivity contribution >= 4 is 10.9 Å². The quantitative estimate of drug-likeness (QED) is 0.735. The number of nitrogens with zero attached hydrogens (tertiary/aromatic N) is 2. The van der Waals surface area contributed by atoms with Gasteiger partial charge >= 0.3 is 0 Å². The first kappa shape index (κ1) is 11.0. The van der Waals surface area contributed by atoms with Gasteiger partial charge in [-0.05, 0) is 39.8 Å². The summed E-state index contributed by atoms with van der Waals surface area (Å²) in [4.78, 5) is 0. The molecule has 1 heterocycles. The van der Waals surface area contributed by atoms with Gasteiger partial charge in [-0.25, -0.2) is 0 Å². The maximum atomic E-state index is 5.26. The predicted octanol–water partition coefficient (Wildman–Crippen LogP) is 3.11. The Bertz CT molecular complexity index is 520. The molecule has 2 rings (SSSR count). The summed E-state index contributed by atoms with van der Waals surface area (Å²) in [5, 5.41) is 5.79. The van der Waals surface area contributed by atoms with Crippen LogP contribution in [0.2, 0.25) is 0 Å². The highest BCUT2D eigenvalue weighted by Gasteiger charge is 2.18. The Hall–Kier alpha value is -1.51. The number of hydrogen-bond donors (Lipinski definition) is 0. The number of aromatic nitrogens is 2. The van der Waals surface area contributed by atoms with Crippen LogP contribution < -0.4 is 4.74 Å². The van der Waals surface area contributed by atoms with Crippen molar-refractivity contribution in [1.29, 1.82) is 0 Å². The molecule has 16 heavy (non-hydrogen) atoms. The molecule has 0 saturated heterocycles. The molecule has 0 fully saturated rings. The molecule has 0 atom stereocenters. The summed E-state index contributed by atoms with van der Waals surface area (Å²) in [7, 11) is 1.69. The molecule has 0 N–H and O–H groups in total. The van der Waals surface area contributed by atoms with Gasteiger partial charge in [0.25, 0.3) is 0 Å². The molecule has 1 aromatic carbocycles. The number of fused-ring (bicyclic) bond motifs is 1. The van der Waals surface area contributed by atoms with Gasteiger partial charge < -0.3 is 4.74 Å². The molecule has 0 saturated carbocycles. The molecule has 0 aliphatic heterocycles. The van der Waals surface area contributed by atoms with Gasteiger partial charge in [-0.3, -0.25) is 4.68 Å². The van der Waals surface area contributed by atoms with Crippen LogP contribution in [0.1, 0.15) is 26.5 Å². The maximum Gasteiger partial charge on any atom is 0.121 e. The second-order valence-electron chi connectivity index (χ2n) is 5.05. The summed E-state index contributed by atoms with van der Waals surface area (Å²) >= 11 is 0. The average Bonchev–Trinajstić information content (AvgIpc) is 2.55. The lowest BCUT2D eigenvalue weighted by Gasteiger charge is -2.20. The largest absolute Gasteiger partial charge is 0.497 e. The molecule has 3 nitrogen and oxygen atoms in total. The highest BCUT2D eigenvalue weighted by molar-refractivity contribution is 5.83. The van der Waals surface area contributed by atoms with Gasteiger partial charge in [0.05, 0.1) is 23.9 Å². The molecule has 1 aromatic heterocycles. The van der Waals surface area contributed by atoms with Crippen LogP contribution in [-0.2, 0) is 5.54 Å². The van der Waals surface area contributed by atoms with E-state index >= 15 is 0 Å². The third-order valence-corrected chi connectivity index (χ3v) is 2.71. The summed E-state index contributed by atoms with van der Waals surface area (Å²) < 4.78 is 7.31. The van der Waals surface area contributed by atoms with Crippen LogP contribution in [0.15, 0.2) is 18.2 Å². The Morgan fingerprint density at radius 2 is 1.94 bits per heavy atom. The Kier molecular flexibility index (Phi) is 2.41. The molecular weight excluding hydrogens is 200 g/mol. The zero-order valence-corrected chi connectivity index (χ0v) is 10.5. The zero-order valence-electron chi connectivity index (χ0n) is 10.5. The van der Waals surface area contributed by atoms with Gasteiger partial charge in [0, 0.05) is 11.5 Å². The fraction of sp³-hybridized carbons (Fsp3) is 0.462. The summed E-state index contributed by atoms with van der Waals surface area (Å²) in [6, 6.07) is 6.09. The fourth-order valence-corrected chi connectivity index (χ4v) is 1.89. The van der Waals surface area contributed by atoms with Gasteiger partial charge in [-0.1, -0.05) is 0 Å². The third-order valence-electron chi connectivity index (χ3n) is 2.71. The molecule has 3 heteroatoms. The first-order chi connectivity index (χ1) is 7.43. The number of hydrogen-bond acceptors (Lipinski definition) is 2. The second kappa shape index (κ2) is 3.51. The summed E-state index contributed by atoms with van der Waals surface area (Å²) in [5.74, 6) is 0.873. The van der Waals surface area contributed by atoms with Crippen LogP contribution >= 0.6 is 0 Å². The highest BCUT2D eigenvalue weighted by atomic mass is 16.5. The highest BCUT2D eigenvalue weighted by Crippen LogP contribution is 2.27. The van der Waals surface area contributed by atoms with Crippen molar-refractivity contribution in [2.24, 2.45) is 0 Å². The topological polar surface area (TPSA) is 27.1 Å². The number of ether oxygens (including phenoxy) is 1. The van der Waals surface area contributed by atoms with Crippen molar-refractivity contribution < 1.29 is 4.74 Å². The molecule has 0 aliphatic rings. The van der Waals surface area contributed by atoms with Crippen LogP contribution in [0.25, 0.3) is 10.9 Å². The lowest BCUT2D eigenvalue weighted by Crippen LogP contribution is -2.22. The van der Waals surface area contributed by atoms with Gasteiger partial charge in [-0.15, -0.1) is 0 Å². The van der Waals surface area contributed by atoms with Gasteiger partial charge in [-0.2, -0.15) is 5.10 Å². The number of methoxy groups -OCH3 is 1. The summed E-state index contributed by atoms with van der Waals surface area (Å²) in [5.41, 5.74) is 2.18. The Morgan fingerprint density at radius 1 is 1.25 bits per heavy atom. The predicted molar refractivity (Wildman–Crippen MR) is 66.0 cm³/mol. The first-order valence-electron chi connectivity index (χ1n) is 5.47. The third kappa shape index (κ3) is 1.66. The van der Waals surface area contributed by atoms with Crippen molar-refractivity contribution in [3.8, 4) is 5.75 Å². The SMILES string of the molecule is COc1ccc2c(C)nn(C(C)(C)C)c2c1. The van der Waals surface area contributed by atoms with Gasteiger partial charge in [0.2, 0.25) is 0 Å². The normalized spacial score (nSPS) is 12.1. The van der Waals surface area contributed by atoms with Crippen molar-refractivity contribution in [3.63, 3.8) is 0 Å². The molecular formula is C13H18N2O. The van der Waals surface area contributed by atoms with E-state index in [1.807, 2.05) is 19.1 Å². The lowest BCUT2D eigenvalue weighted by atomic mass is 10.1. The van der Waals surface area contributed by atoms with E-state index < -0.39 is 0 Å². The van der Waals surface area contributed by atoms with Crippen molar-refractivity contribution in [1.82, 2.24) is 9.78 Å². The molecule has 2 aromatic rings. The van der Waals surface area contributed by atoms with E-state index in [1.54, 1.807) is 7.11 Å². The van der Waals surface area contributed by atoms with Crippen LogP contribution in [-0.4, -0.2) is 16.9 Å². The molecule has 0 bridgehead atoms. The number of aryl methyl sites for hydroxylation is 1. The van der Waals surface area contributed by atoms with Crippen molar-refractivity contribution in [2.75, 3.05) is 7.11 Å². The Balaban J connectivity index is 2.75. The van der Waals surface area contributed by atoms with E-state index in [-0.39, 0.29) is 5.54 Å². The molecule has 0 aliphatic carbocycles. The minimum absolute atomic E-state index is 0.0150. The van der Waals surface area contributed by atoms with Gasteiger partial charge in [0.15, 0.2) is 0 Å². The van der Waals surface area contributed by atoms with Crippen molar-refractivity contribution in [3.05, 3.63) is 23.9 Å². The Labute approximate surface area is 96.0 Å². The smallest absolute Gasteiger partial charge is 0.121 e. The van der Waals surface area contributed by atoms with Gasteiger partial charge in [0.1, 0.15) is 5.75 Å². The van der Waals surface area contributed by atoms with E-state index in [4.69, 9.17) is 4.74 Å². The minimum atomic E-state index is -0.0150. The van der Waals surface area contributed by atoms with Crippen LogP contribution in [0, 0.1) is 6.92 Å². The molecule has 0 spiro atoms.